The summed E-state index contributed by atoms with van der Waals surface area (Å²) in [4.78, 5) is 31.2. The van der Waals surface area contributed by atoms with Gasteiger partial charge in [0.05, 0.1) is 27.7 Å². The number of benzene rings is 2. The summed E-state index contributed by atoms with van der Waals surface area (Å²) in [6.45, 7) is 1.83. The van der Waals surface area contributed by atoms with Crippen molar-refractivity contribution in [3.05, 3.63) is 87.3 Å². The maximum Gasteiger partial charge on any atom is 0.435 e. The largest absolute Gasteiger partial charge is 0.444 e. The molecule has 3 aromatic heterocycles. The van der Waals surface area contributed by atoms with Crippen molar-refractivity contribution in [2.45, 2.75) is 82.5 Å². The van der Waals surface area contributed by atoms with Gasteiger partial charge in [-0.2, -0.15) is 45.3 Å². The number of rotatable bonds is 9. The number of hydrogen-bond acceptors (Lipinski definition) is 7. The maximum atomic E-state index is 15.4. The number of amides is 2. The molecule has 1 saturated carbocycles. The highest BCUT2D eigenvalue weighted by atomic mass is 35.5. The summed E-state index contributed by atoms with van der Waals surface area (Å²) in [6, 6.07) is 5.75. The number of halogens is 11. The molecule has 0 bridgehead atoms. The molecule has 0 radical (unpaired) electrons. The molecule has 2 aliphatic carbocycles. The first-order valence-electron chi connectivity index (χ1n) is 17.6. The zero-order valence-corrected chi connectivity index (χ0v) is 31.6. The van der Waals surface area contributed by atoms with Crippen LogP contribution in [0, 0.1) is 17.6 Å². The van der Waals surface area contributed by atoms with E-state index in [-0.39, 0.29) is 55.2 Å². The van der Waals surface area contributed by atoms with Gasteiger partial charge < -0.3 is 15.8 Å². The van der Waals surface area contributed by atoms with Crippen molar-refractivity contribution < 1.29 is 58.2 Å². The third-order valence-electron chi connectivity index (χ3n) is 9.56. The highest BCUT2D eigenvalue weighted by Gasteiger charge is 2.68. The van der Waals surface area contributed by atoms with E-state index in [1.165, 1.54) is 24.3 Å². The fourth-order valence-corrected chi connectivity index (χ4v) is 7.65. The molecule has 1 fully saturated rings. The van der Waals surface area contributed by atoms with Gasteiger partial charge in [-0.1, -0.05) is 17.7 Å². The minimum absolute atomic E-state index is 0.0765. The summed E-state index contributed by atoms with van der Waals surface area (Å²) in [6.07, 6.45) is -11.8. The van der Waals surface area contributed by atoms with Gasteiger partial charge in [-0.25, -0.2) is 18.6 Å². The summed E-state index contributed by atoms with van der Waals surface area (Å²) < 4.78 is 150. The summed E-state index contributed by atoms with van der Waals surface area (Å²) in [5.41, 5.74) is 0.794. The van der Waals surface area contributed by atoms with Crippen molar-refractivity contribution in [1.29, 1.82) is 0 Å². The molecule has 5 aromatic rings. The summed E-state index contributed by atoms with van der Waals surface area (Å²) in [5.74, 6) is -10.3. The number of pyridine rings is 1. The van der Waals surface area contributed by atoms with E-state index in [9.17, 15) is 44.7 Å². The van der Waals surface area contributed by atoms with Crippen molar-refractivity contribution in [2.75, 3.05) is 11.1 Å². The van der Waals surface area contributed by atoms with Crippen molar-refractivity contribution >= 4 is 46.1 Å². The highest BCUT2D eigenvalue weighted by molar-refractivity contribution is 6.37. The quantitative estimate of drug-likeness (QED) is 0.126. The number of nitrogens with zero attached hydrogens (tertiary/aromatic N) is 5. The number of ether oxygens (including phenoxy) is 1. The minimum atomic E-state index is -5.14. The van der Waals surface area contributed by atoms with E-state index in [1.54, 1.807) is 20.8 Å². The number of anilines is 2. The normalized spacial score (nSPS) is 17.7. The van der Waals surface area contributed by atoms with Gasteiger partial charge in [0.1, 0.15) is 41.8 Å². The number of nitrogens with two attached hydrogens (primary N) is 1. The first kappa shape index (κ1) is 41.6. The molecule has 2 aromatic carbocycles. The van der Waals surface area contributed by atoms with Crippen molar-refractivity contribution in [3.8, 4) is 11.1 Å². The second kappa shape index (κ2) is 14.3. The molecule has 3 heterocycles. The minimum Gasteiger partial charge on any atom is -0.444 e. The van der Waals surface area contributed by atoms with E-state index in [0.29, 0.717) is 10.7 Å². The number of nitrogens with one attached hydrogen (secondary N) is 2. The molecule has 2 aliphatic rings. The Morgan fingerprint density at radius 2 is 1.64 bits per heavy atom. The van der Waals surface area contributed by atoms with Crippen LogP contribution in [0.5, 0.6) is 0 Å². The Balaban J connectivity index is 1.38. The van der Waals surface area contributed by atoms with Crippen molar-refractivity contribution in [3.63, 3.8) is 0 Å². The zero-order valence-electron chi connectivity index (χ0n) is 30.8. The third-order valence-corrected chi connectivity index (χ3v) is 9.88. The Hall–Kier alpha value is -5.60. The van der Waals surface area contributed by atoms with Crippen LogP contribution in [-0.2, 0) is 41.1 Å². The Morgan fingerprint density at radius 3 is 2.27 bits per heavy atom. The van der Waals surface area contributed by atoms with Gasteiger partial charge in [0.2, 0.25) is 5.91 Å². The number of fused-ring (bicyclic) bond motifs is 4. The van der Waals surface area contributed by atoms with E-state index >= 15 is 8.78 Å². The molecule has 3 atom stereocenters. The van der Waals surface area contributed by atoms with E-state index in [1.807, 2.05) is 0 Å². The van der Waals surface area contributed by atoms with Gasteiger partial charge in [-0.15, -0.1) is 0 Å². The van der Waals surface area contributed by atoms with Gasteiger partial charge in [-0.3, -0.25) is 19.5 Å². The van der Waals surface area contributed by atoms with Crippen LogP contribution in [0.25, 0.3) is 22.0 Å². The predicted molar refractivity (Wildman–Crippen MR) is 191 cm³/mol. The predicted octanol–water partition coefficient (Wildman–Crippen LogP) is 9.05. The Morgan fingerprint density at radius 1 is 0.983 bits per heavy atom. The molecule has 11 nitrogen and oxygen atoms in total. The Labute approximate surface area is 331 Å². The van der Waals surface area contributed by atoms with Gasteiger partial charge >= 0.3 is 18.4 Å². The van der Waals surface area contributed by atoms with Crippen LogP contribution in [0.4, 0.5) is 60.3 Å². The Kier molecular flexibility index (Phi) is 10.1. The number of carbonyl (C=O) groups is 2. The standard InChI is InChI=1S/C37H31ClF10N8O3/c1-34(2,3)59-33(58)52-24-7-5-18(19-4-6-22(38)27-29(19)56(54-32(27)49)14-35(41,42)43)28(51-24)23(10-15-8-16(39)11-17(40)9-15)50-25(57)13-55-31-26(30(53-55)37(46,47)48)20-12-21(20)36(31,44)45/h4-9,11,20-21,23H,10,12-14H2,1-3H3,(H2,49,54)(H,50,57)(H,51,52,58)/t20-,21+,23-/m0/s1. The first-order chi connectivity index (χ1) is 27.3. The lowest BCUT2D eigenvalue weighted by Gasteiger charge is -2.24. The zero-order chi connectivity index (χ0) is 43.1. The van der Waals surface area contributed by atoms with Crippen LogP contribution in [-0.4, -0.2) is 48.3 Å². The molecule has 7 rings (SSSR count). The average Bonchev–Trinajstić information content (AvgIpc) is 3.61. The van der Waals surface area contributed by atoms with Crippen LogP contribution >= 0.6 is 11.6 Å². The lowest BCUT2D eigenvalue weighted by molar-refractivity contribution is -0.142. The Bertz CT molecular complexity index is 2490. The van der Waals surface area contributed by atoms with E-state index < -0.39 is 108 Å². The smallest absolute Gasteiger partial charge is 0.435 e. The molecule has 0 unspecified atom stereocenters. The lowest BCUT2D eigenvalue weighted by Crippen LogP contribution is -2.35. The average molecular weight is 861 g/mol. The molecule has 2 amide bonds. The highest BCUT2D eigenvalue weighted by Crippen LogP contribution is 2.68. The summed E-state index contributed by atoms with van der Waals surface area (Å²) in [5, 5.41) is 11.8. The number of hydrogen-bond donors (Lipinski definition) is 3. The van der Waals surface area contributed by atoms with E-state index in [2.05, 4.69) is 25.8 Å². The van der Waals surface area contributed by atoms with E-state index in [4.69, 9.17) is 22.1 Å². The number of aromatic nitrogens is 5. The number of alkyl halides is 8. The first-order valence-corrected chi connectivity index (χ1v) is 18.0. The fraction of sp³-hybridized carbons (Fsp3) is 0.378. The van der Waals surface area contributed by atoms with Gasteiger partial charge in [0.25, 0.3) is 5.92 Å². The van der Waals surface area contributed by atoms with Gasteiger partial charge in [0.15, 0.2) is 11.5 Å². The second-order valence-corrected chi connectivity index (χ2v) is 15.6. The van der Waals surface area contributed by atoms with Crippen LogP contribution in [0.15, 0.2) is 42.5 Å². The van der Waals surface area contributed by atoms with Crippen LogP contribution in [0.2, 0.25) is 5.02 Å². The topological polar surface area (TPSA) is 142 Å². The molecule has 59 heavy (non-hydrogen) atoms. The second-order valence-electron chi connectivity index (χ2n) is 15.2. The molecular weight excluding hydrogens is 830 g/mol. The van der Waals surface area contributed by atoms with Gasteiger partial charge in [0, 0.05) is 28.7 Å². The molecule has 0 spiro atoms. The van der Waals surface area contributed by atoms with Crippen molar-refractivity contribution in [2.24, 2.45) is 5.92 Å². The summed E-state index contributed by atoms with van der Waals surface area (Å²) >= 11 is 6.38. The molecule has 22 heteroatoms. The van der Waals surface area contributed by atoms with Gasteiger partial charge in [-0.05, 0) is 75.4 Å². The molecular formula is C37H31ClF10N8O3. The van der Waals surface area contributed by atoms with Crippen LogP contribution < -0.4 is 16.4 Å². The van der Waals surface area contributed by atoms with E-state index in [0.717, 1.165) is 12.1 Å². The van der Waals surface area contributed by atoms with Crippen LogP contribution in [0.3, 0.4) is 0 Å². The van der Waals surface area contributed by atoms with Crippen LogP contribution in [0.1, 0.15) is 67.4 Å². The maximum absolute atomic E-state index is 15.4. The fourth-order valence-electron chi connectivity index (χ4n) is 7.41. The summed E-state index contributed by atoms with van der Waals surface area (Å²) in [7, 11) is 0. The third kappa shape index (κ3) is 8.33. The molecule has 4 N–H and O–H groups in total. The molecule has 314 valence electrons. The molecule has 0 aliphatic heterocycles. The van der Waals surface area contributed by atoms with Crippen molar-refractivity contribution in [1.82, 2.24) is 29.9 Å². The molecule has 0 saturated heterocycles. The lowest BCUT2D eigenvalue weighted by atomic mass is 9.94. The monoisotopic (exact) mass is 860 g/mol. The number of nitrogen functional groups attached to an aromatic ring is 1. The SMILES string of the molecule is CC(C)(C)OC(=O)Nc1ccc(-c2ccc(Cl)c3c(N)nn(CC(F)(F)F)c23)c([C@H](Cc2cc(F)cc(F)c2)NC(=O)Cn2nc(C(F)(F)F)c3c2C(F)(F)[C@@H]2C[C@H]32)n1. The number of carbonyl (C=O) groups excluding carboxylic acids is 2.